The number of benzene rings is 1. The molecule has 0 unspecified atom stereocenters. The molecule has 3 N–H and O–H groups in total. The van der Waals surface area contributed by atoms with Crippen LogP contribution in [0.5, 0.6) is 0 Å². The van der Waals surface area contributed by atoms with Gasteiger partial charge in [0.15, 0.2) is 0 Å². The van der Waals surface area contributed by atoms with Crippen LogP contribution in [0, 0.1) is 0 Å². The second-order valence-electron chi connectivity index (χ2n) is 3.25. The average Bonchev–Trinajstić information content (AvgIpc) is 2.29. The van der Waals surface area contributed by atoms with Gasteiger partial charge in [-0.1, -0.05) is 30.3 Å². The van der Waals surface area contributed by atoms with E-state index in [0.29, 0.717) is 6.61 Å². The molecule has 0 saturated carbocycles. The summed E-state index contributed by atoms with van der Waals surface area (Å²) in [4.78, 5) is 19.2. The fraction of sp³-hybridized carbons (Fsp3) is 0.273. The van der Waals surface area contributed by atoms with Crippen LogP contribution in [0.3, 0.4) is 0 Å². The van der Waals surface area contributed by atoms with E-state index < -0.39 is 18.1 Å². The summed E-state index contributed by atoms with van der Waals surface area (Å²) in [5.74, 6) is -3.20. The molecule has 0 fully saturated rings. The first-order valence-electron chi connectivity index (χ1n) is 4.93. The van der Waals surface area contributed by atoms with Gasteiger partial charge in [-0.25, -0.2) is 4.79 Å². The molecule has 1 aromatic rings. The molecule has 8 heteroatoms. The molecule has 0 heterocycles. The summed E-state index contributed by atoms with van der Waals surface area (Å²) < 4.78 is 36.7. The summed E-state index contributed by atoms with van der Waals surface area (Å²) in [7, 11) is 0. The maximum absolute atomic E-state index is 10.6. The summed E-state index contributed by atoms with van der Waals surface area (Å²) in [6.45, 7) is 0.415. The largest absolute Gasteiger partial charge is 0.490 e. The molecule has 0 aliphatic carbocycles. The highest BCUT2D eigenvalue weighted by atomic mass is 19.4. The summed E-state index contributed by atoms with van der Waals surface area (Å²) in [5.41, 5.74) is 5.93. The van der Waals surface area contributed by atoms with Crippen molar-refractivity contribution in [1.29, 1.82) is 0 Å². The normalized spacial score (nSPS) is 10.3. The number of hydrogen-bond donors (Lipinski definition) is 2. The minimum absolute atomic E-state index is 0.0190. The van der Waals surface area contributed by atoms with Crippen LogP contribution in [0.25, 0.3) is 0 Å². The third kappa shape index (κ3) is 9.60. The predicted octanol–water partition coefficient (Wildman–Crippen LogP) is 1.32. The van der Waals surface area contributed by atoms with Crippen LogP contribution in [0.1, 0.15) is 5.56 Å². The SMILES string of the molecule is NC(=O)COCc1ccccc1.O=C(O)C(F)(F)F. The monoisotopic (exact) mass is 279 g/mol. The van der Waals surface area contributed by atoms with Gasteiger partial charge in [0.2, 0.25) is 5.91 Å². The van der Waals surface area contributed by atoms with E-state index in [1.54, 1.807) is 0 Å². The maximum atomic E-state index is 10.6. The number of carbonyl (C=O) groups is 2. The lowest BCUT2D eigenvalue weighted by atomic mass is 10.2. The molecular formula is C11H12F3NO4. The van der Waals surface area contributed by atoms with Gasteiger partial charge in [0.1, 0.15) is 6.61 Å². The molecule has 0 aliphatic rings. The zero-order valence-electron chi connectivity index (χ0n) is 9.68. The number of carboxylic acids is 1. The van der Waals surface area contributed by atoms with Gasteiger partial charge in [-0.2, -0.15) is 13.2 Å². The molecule has 106 valence electrons. The van der Waals surface area contributed by atoms with Crippen molar-refractivity contribution in [2.75, 3.05) is 6.61 Å². The van der Waals surface area contributed by atoms with Crippen LogP contribution in [-0.4, -0.2) is 29.8 Å². The molecule has 0 spiro atoms. The van der Waals surface area contributed by atoms with Crippen molar-refractivity contribution in [2.45, 2.75) is 12.8 Å². The van der Waals surface area contributed by atoms with E-state index in [4.69, 9.17) is 20.4 Å². The van der Waals surface area contributed by atoms with Gasteiger partial charge in [0, 0.05) is 0 Å². The lowest BCUT2D eigenvalue weighted by Crippen LogP contribution is -2.21. The van der Waals surface area contributed by atoms with Gasteiger partial charge in [0.05, 0.1) is 6.61 Å². The number of aliphatic carboxylic acids is 1. The molecule has 0 atom stereocenters. The van der Waals surface area contributed by atoms with Crippen molar-refractivity contribution >= 4 is 11.9 Å². The van der Waals surface area contributed by atoms with Gasteiger partial charge in [-0.15, -0.1) is 0 Å². The molecule has 1 amide bonds. The third-order valence-corrected chi connectivity index (χ3v) is 1.60. The summed E-state index contributed by atoms with van der Waals surface area (Å²) in [6, 6.07) is 9.63. The average molecular weight is 279 g/mol. The lowest BCUT2D eigenvalue weighted by Gasteiger charge is -2.00. The van der Waals surface area contributed by atoms with Gasteiger partial charge >= 0.3 is 12.1 Å². The Hall–Kier alpha value is -2.09. The topological polar surface area (TPSA) is 89.6 Å². The molecule has 0 radical (unpaired) electrons. The van der Waals surface area contributed by atoms with Gasteiger partial charge in [-0.3, -0.25) is 4.79 Å². The van der Waals surface area contributed by atoms with Crippen molar-refractivity contribution < 1.29 is 32.6 Å². The highest BCUT2D eigenvalue weighted by molar-refractivity contribution is 5.75. The second-order valence-corrected chi connectivity index (χ2v) is 3.25. The molecule has 0 aromatic heterocycles. The Morgan fingerprint density at radius 2 is 1.68 bits per heavy atom. The van der Waals surface area contributed by atoms with Crippen molar-refractivity contribution in [2.24, 2.45) is 5.73 Å². The minimum atomic E-state index is -5.08. The van der Waals surface area contributed by atoms with Crippen LogP contribution in [0.4, 0.5) is 13.2 Å². The fourth-order valence-corrected chi connectivity index (χ4v) is 0.844. The molecule has 0 saturated heterocycles. The number of nitrogens with two attached hydrogens (primary N) is 1. The summed E-state index contributed by atoms with van der Waals surface area (Å²) in [6.07, 6.45) is -5.08. The van der Waals surface area contributed by atoms with Crippen molar-refractivity contribution in [1.82, 2.24) is 0 Å². The van der Waals surface area contributed by atoms with Crippen molar-refractivity contribution in [3.8, 4) is 0 Å². The minimum Gasteiger partial charge on any atom is -0.475 e. The Kier molecular flexibility index (Phi) is 7.20. The number of carbonyl (C=O) groups excluding carboxylic acids is 1. The molecule has 0 bridgehead atoms. The number of primary amides is 1. The number of halogens is 3. The first kappa shape index (κ1) is 16.9. The Bertz CT molecular complexity index is 406. The van der Waals surface area contributed by atoms with E-state index in [2.05, 4.69) is 0 Å². The number of rotatable bonds is 4. The third-order valence-electron chi connectivity index (χ3n) is 1.60. The Morgan fingerprint density at radius 3 is 2.05 bits per heavy atom. The van der Waals surface area contributed by atoms with Crippen LogP contribution in [0.2, 0.25) is 0 Å². The molecule has 5 nitrogen and oxygen atoms in total. The van der Waals surface area contributed by atoms with E-state index in [1.807, 2.05) is 30.3 Å². The van der Waals surface area contributed by atoms with Crippen LogP contribution >= 0.6 is 0 Å². The van der Waals surface area contributed by atoms with Gasteiger partial charge in [0.25, 0.3) is 0 Å². The van der Waals surface area contributed by atoms with Crippen molar-refractivity contribution in [3.05, 3.63) is 35.9 Å². The molecular weight excluding hydrogens is 267 g/mol. The van der Waals surface area contributed by atoms with Crippen LogP contribution < -0.4 is 5.73 Å². The highest BCUT2D eigenvalue weighted by Crippen LogP contribution is 2.13. The molecule has 19 heavy (non-hydrogen) atoms. The second kappa shape index (κ2) is 8.09. The highest BCUT2D eigenvalue weighted by Gasteiger charge is 2.38. The zero-order valence-corrected chi connectivity index (χ0v) is 9.68. The Morgan fingerprint density at radius 1 is 1.21 bits per heavy atom. The maximum Gasteiger partial charge on any atom is 0.490 e. The lowest BCUT2D eigenvalue weighted by molar-refractivity contribution is -0.192. The van der Waals surface area contributed by atoms with E-state index in [9.17, 15) is 18.0 Å². The zero-order chi connectivity index (χ0) is 14.9. The van der Waals surface area contributed by atoms with Gasteiger partial charge < -0.3 is 15.6 Å². The van der Waals surface area contributed by atoms with E-state index in [-0.39, 0.29) is 6.61 Å². The van der Waals surface area contributed by atoms with Crippen molar-refractivity contribution in [3.63, 3.8) is 0 Å². The van der Waals surface area contributed by atoms with E-state index in [1.165, 1.54) is 0 Å². The molecule has 1 aromatic carbocycles. The first-order chi connectivity index (χ1) is 8.73. The Balaban J connectivity index is 0.000000399. The number of alkyl halides is 3. The first-order valence-corrected chi connectivity index (χ1v) is 4.93. The predicted molar refractivity (Wildman–Crippen MR) is 59.0 cm³/mol. The number of amides is 1. The number of ether oxygens (including phenoxy) is 1. The van der Waals surface area contributed by atoms with Crippen LogP contribution in [-0.2, 0) is 20.9 Å². The van der Waals surface area contributed by atoms with Crippen LogP contribution in [0.15, 0.2) is 30.3 Å². The molecule has 1 rings (SSSR count). The van der Waals surface area contributed by atoms with Gasteiger partial charge in [-0.05, 0) is 5.56 Å². The summed E-state index contributed by atoms with van der Waals surface area (Å²) >= 11 is 0. The van der Waals surface area contributed by atoms with E-state index >= 15 is 0 Å². The number of hydrogen-bond acceptors (Lipinski definition) is 3. The summed E-state index contributed by atoms with van der Waals surface area (Å²) in [5, 5.41) is 7.12. The Labute approximate surface area is 106 Å². The smallest absolute Gasteiger partial charge is 0.475 e. The standard InChI is InChI=1S/C9H11NO2.C2HF3O2/c10-9(11)7-12-6-8-4-2-1-3-5-8;3-2(4,5)1(6)7/h1-5H,6-7H2,(H2,10,11);(H,6,7). The van der Waals surface area contributed by atoms with E-state index in [0.717, 1.165) is 5.56 Å². The quantitative estimate of drug-likeness (QED) is 0.869. The number of carboxylic acid groups (broad SMARTS) is 1. The molecule has 0 aliphatic heterocycles. The fourth-order valence-electron chi connectivity index (χ4n) is 0.844.